The summed E-state index contributed by atoms with van der Waals surface area (Å²) in [5.41, 5.74) is 2.03. The molecule has 2 saturated carbocycles. The number of halogens is 2. The Morgan fingerprint density at radius 3 is 2.44 bits per heavy atom. The van der Waals surface area contributed by atoms with Gasteiger partial charge >= 0.3 is 5.97 Å². The van der Waals surface area contributed by atoms with Gasteiger partial charge in [-0.2, -0.15) is 0 Å². The highest BCUT2D eigenvalue weighted by molar-refractivity contribution is 6.33. The van der Waals surface area contributed by atoms with Gasteiger partial charge in [0.15, 0.2) is 0 Å². The third kappa shape index (κ3) is 3.43. The minimum atomic E-state index is -0.863. The Kier molecular flexibility index (Phi) is 4.85. The summed E-state index contributed by atoms with van der Waals surface area (Å²) in [6, 6.07) is 10.7. The van der Waals surface area contributed by atoms with Crippen LogP contribution < -0.4 is 4.74 Å². The maximum absolute atomic E-state index is 12.8. The highest BCUT2D eigenvalue weighted by atomic mass is 35.5. The van der Waals surface area contributed by atoms with Gasteiger partial charge in [0.05, 0.1) is 17.0 Å². The van der Waals surface area contributed by atoms with Crippen LogP contribution in [-0.2, 0) is 16.9 Å². The van der Waals surface area contributed by atoms with Gasteiger partial charge in [0, 0.05) is 5.56 Å². The molecule has 0 amide bonds. The SMILES string of the molecule is O=C(O)C1(c2cc(Cl)c(-c3ccc(CF)cc3)c(OCC3CC3)c2)CCC1. The van der Waals surface area contributed by atoms with E-state index in [0.29, 0.717) is 47.3 Å². The van der Waals surface area contributed by atoms with Crippen molar-refractivity contribution in [2.75, 3.05) is 6.61 Å². The van der Waals surface area contributed by atoms with Crippen LogP contribution in [-0.4, -0.2) is 17.7 Å². The summed E-state index contributed by atoms with van der Waals surface area (Å²) in [7, 11) is 0. The van der Waals surface area contributed by atoms with Crippen LogP contribution in [0, 0.1) is 5.92 Å². The van der Waals surface area contributed by atoms with E-state index in [1.807, 2.05) is 18.2 Å². The van der Waals surface area contributed by atoms with Gasteiger partial charge in [0.1, 0.15) is 12.4 Å². The fourth-order valence-corrected chi connectivity index (χ4v) is 3.98. The van der Waals surface area contributed by atoms with Crippen molar-refractivity contribution in [3.05, 3.63) is 52.5 Å². The first-order valence-electron chi connectivity index (χ1n) is 9.39. The molecule has 1 N–H and O–H groups in total. The van der Waals surface area contributed by atoms with Crippen molar-refractivity contribution < 1.29 is 19.0 Å². The molecule has 0 atom stereocenters. The predicted molar refractivity (Wildman–Crippen MR) is 103 cm³/mol. The molecule has 142 valence electrons. The minimum absolute atomic E-state index is 0.471. The number of benzene rings is 2. The zero-order valence-corrected chi connectivity index (χ0v) is 15.8. The van der Waals surface area contributed by atoms with Crippen LogP contribution in [0.15, 0.2) is 36.4 Å². The van der Waals surface area contributed by atoms with Gasteiger partial charge in [-0.3, -0.25) is 4.79 Å². The lowest BCUT2D eigenvalue weighted by Crippen LogP contribution is -2.42. The third-order valence-corrected chi connectivity index (χ3v) is 6.09. The summed E-state index contributed by atoms with van der Waals surface area (Å²) in [5, 5.41) is 10.2. The zero-order chi connectivity index (χ0) is 19.0. The molecular weight excluding hydrogens is 367 g/mol. The van der Waals surface area contributed by atoms with E-state index >= 15 is 0 Å². The maximum atomic E-state index is 12.8. The molecule has 0 saturated heterocycles. The molecule has 27 heavy (non-hydrogen) atoms. The number of alkyl halides is 1. The van der Waals surface area contributed by atoms with Gasteiger partial charge < -0.3 is 9.84 Å². The number of carboxylic acids is 1. The lowest BCUT2D eigenvalue weighted by Gasteiger charge is -2.38. The first kappa shape index (κ1) is 18.3. The van der Waals surface area contributed by atoms with Crippen molar-refractivity contribution >= 4 is 17.6 Å². The molecular formula is C22H22ClFO3. The number of ether oxygens (including phenoxy) is 1. The van der Waals surface area contributed by atoms with Crippen molar-refractivity contribution in [2.45, 2.75) is 44.2 Å². The Morgan fingerprint density at radius 2 is 1.93 bits per heavy atom. The molecule has 0 radical (unpaired) electrons. The largest absolute Gasteiger partial charge is 0.493 e. The molecule has 2 aromatic carbocycles. The van der Waals surface area contributed by atoms with Gasteiger partial charge in [-0.05, 0) is 60.4 Å². The van der Waals surface area contributed by atoms with Gasteiger partial charge in [-0.15, -0.1) is 0 Å². The van der Waals surface area contributed by atoms with E-state index in [1.165, 1.54) is 0 Å². The Morgan fingerprint density at radius 1 is 1.22 bits per heavy atom. The van der Waals surface area contributed by atoms with Crippen LogP contribution in [0.4, 0.5) is 4.39 Å². The van der Waals surface area contributed by atoms with Crippen LogP contribution in [0.1, 0.15) is 43.2 Å². The van der Waals surface area contributed by atoms with Crippen LogP contribution in [0.5, 0.6) is 5.75 Å². The van der Waals surface area contributed by atoms with Crippen LogP contribution >= 0.6 is 11.6 Å². The summed E-state index contributed by atoms with van der Waals surface area (Å²) in [5.74, 6) is 0.370. The third-order valence-electron chi connectivity index (χ3n) is 5.79. The molecule has 0 aromatic heterocycles. The first-order valence-corrected chi connectivity index (χ1v) is 9.77. The van der Waals surface area contributed by atoms with E-state index in [-0.39, 0.29) is 0 Å². The number of carbonyl (C=O) groups is 1. The maximum Gasteiger partial charge on any atom is 0.314 e. The highest BCUT2D eigenvalue weighted by Gasteiger charge is 2.46. The summed E-state index contributed by atoms with van der Waals surface area (Å²) < 4.78 is 18.9. The standard InChI is InChI=1S/C22H22ClFO3/c23-18-10-17(22(21(25)26)8-1-9-22)11-19(27-13-15-2-3-15)20(18)16-6-4-14(12-24)5-7-16/h4-7,10-11,15H,1-3,8-9,12-13H2,(H,25,26). The number of aliphatic carboxylic acids is 1. The van der Waals surface area contributed by atoms with Crippen LogP contribution in [0.3, 0.4) is 0 Å². The van der Waals surface area contributed by atoms with Crippen molar-refractivity contribution in [1.82, 2.24) is 0 Å². The molecule has 2 fully saturated rings. The second kappa shape index (κ2) is 7.16. The average Bonchev–Trinajstić information content (AvgIpc) is 3.43. The van der Waals surface area contributed by atoms with Gasteiger partial charge in [0.2, 0.25) is 0 Å². The molecule has 0 bridgehead atoms. The normalized spacial score (nSPS) is 18.0. The molecule has 0 aliphatic heterocycles. The topological polar surface area (TPSA) is 46.5 Å². The van der Waals surface area contributed by atoms with E-state index < -0.39 is 18.1 Å². The zero-order valence-electron chi connectivity index (χ0n) is 15.0. The van der Waals surface area contributed by atoms with E-state index in [4.69, 9.17) is 16.3 Å². The second-order valence-corrected chi connectivity index (χ2v) is 8.06. The smallest absolute Gasteiger partial charge is 0.314 e. The Balaban J connectivity index is 1.77. The van der Waals surface area contributed by atoms with E-state index in [9.17, 15) is 14.3 Å². The fourth-order valence-electron chi connectivity index (χ4n) is 3.66. The van der Waals surface area contributed by atoms with Crippen molar-refractivity contribution in [1.29, 1.82) is 0 Å². The molecule has 4 rings (SSSR count). The van der Waals surface area contributed by atoms with Crippen molar-refractivity contribution in [2.24, 2.45) is 5.92 Å². The predicted octanol–water partition coefficient (Wildman–Crippen LogP) is 5.77. The number of hydrogen-bond donors (Lipinski definition) is 1. The van der Waals surface area contributed by atoms with Gasteiger partial charge in [0.25, 0.3) is 0 Å². The molecule has 5 heteroatoms. The average molecular weight is 389 g/mol. The van der Waals surface area contributed by atoms with E-state index in [0.717, 1.165) is 30.4 Å². The summed E-state index contributed by atoms with van der Waals surface area (Å²) in [6.07, 6.45) is 4.45. The number of rotatable bonds is 7. The van der Waals surface area contributed by atoms with Gasteiger partial charge in [-0.1, -0.05) is 42.3 Å². The van der Waals surface area contributed by atoms with Crippen molar-refractivity contribution in [3.63, 3.8) is 0 Å². The molecule has 0 heterocycles. The number of hydrogen-bond acceptors (Lipinski definition) is 2. The molecule has 0 spiro atoms. The van der Waals surface area contributed by atoms with Crippen molar-refractivity contribution in [3.8, 4) is 16.9 Å². The Labute approximate surface area is 163 Å². The second-order valence-electron chi connectivity index (χ2n) is 7.66. The quantitative estimate of drug-likeness (QED) is 0.654. The fraction of sp³-hybridized carbons (Fsp3) is 0.409. The highest BCUT2D eigenvalue weighted by Crippen LogP contribution is 2.48. The monoisotopic (exact) mass is 388 g/mol. The van der Waals surface area contributed by atoms with Crippen LogP contribution in [0.25, 0.3) is 11.1 Å². The Hall–Kier alpha value is -2.07. The Bertz CT molecular complexity index is 855. The molecule has 3 nitrogen and oxygen atoms in total. The van der Waals surface area contributed by atoms with Crippen LogP contribution in [0.2, 0.25) is 5.02 Å². The number of carboxylic acid groups (broad SMARTS) is 1. The minimum Gasteiger partial charge on any atom is -0.493 e. The lowest BCUT2D eigenvalue weighted by molar-refractivity contribution is -0.147. The summed E-state index contributed by atoms with van der Waals surface area (Å²) in [4.78, 5) is 11.9. The lowest BCUT2D eigenvalue weighted by atomic mass is 9.64. The molecule has 2 aliphatic carbocycles. The molecule has 0 unspecified atom stereocenters. The first-order chi connectivity index (χ1) is 13.0. The molecule has 2 aromatic rings. The van der Waals surface area contributed by atoms with E-state index in [1.54, 1.807) is 18.2 Å². The van der Waals surface area contributed by atoms with Gasteiger partial charge in [-0.25, -0.2) is 4.39 Å². The summed E-state index contributed by atoms with van der Waals surface area (Å²) >= 11 is 6.62. The van der Waals surface area contributed by atoms with E-state index in [2.05, 4.69) is 0 Å². The molecule has 2 aliphatic rings. The summed E-state index contributed by atoms with van der Waals surface area (Å²) in [6.45, 7) is 0.0918.